The fourth-order valence-electron chi connectivity index (χ4n) is 1.34. The molecular weight excluding hydrogens is 255 g/mol. The maximum absolute atomic E-state index is 12.4. The number of aromatic nitrogens is 3. The van der Waals surface area contributed by atoms with E-state index in [0.717, 1.165) is 10.7 Å². The van der Waals surface area contributed by atoms with Crippen LogP contribution in [-0.4, -0.2) is 14.8 Å². The van der Waals surface area contributed by atoms with E-state index >= 15 is 0 Å². The van der Waals surface area contributed by atoms with Crippen molar-refractivity contribution in [3.05, 3.63) is 40.9 Å². The summed E-state index contributed by atoms with van der Waals surface area (Å²) in [7, 11) is 0. The summed E-state index contributed by atoms with van der Waals surface area (Å²) >= 11 is 5.69. The monoisotopic (exact) mass is 261 g/mol. The maximum Gasteiger partial charge on any atom is 0.435 e. The van der Waals surface area contributed by atoms with Crippen molar-refractivity contribution < 1.29 is 13.2 Å². The van der Waals surface area contributed by atoms with E-state index in [1.807, 2.05) is 0 Å². The Morgan fingerprint density at radius 3 is 2.65 bits per heavy atom. The van der Waals surface area contributed by atoms with E-state index in [-0.39, 0.29) is 5.15 Å². The first-order valence-corrected chi connectivity index (χ1v) is 5.01. The summed E-state index contributed by atoms with van der Waals surface area (Å²) in [4.78, 5) is 3.82. The second kappa shape index (κ2) is 4.03. The smallest absolute Gasteiger partial charge is 0.244 e. The van der Waals surface area contributed by atoms with Gasteiger partial charge in [0.2, 0.25) is 0 Å². The van der Waals surface area contributed by atoms with Gasteiger partial charge < -0.3 is 0 Å². The van der Waals surface area contributed by atoms with E-state index in [1.54, 1.807) is 6.92 Å². The van der Waals surface area contributed by atoms with Crippen LogP contribution >= 0.6 is 11.6 Å². The standard InChI is InChI=1S/C10H7ClF3N3/c1-6-5-15-9(11)4-7(6)17-3-2-8(16-17)10(12,13)14/h2-5H,1H3. The van der Waals surface area contributed by atoms with Crippen molar-refractivity contribution in [1.82, 2.24) is 14.8 Å². The van der Waals surface area contributed by atoms with Gasteiger partial charge in [0.05, 0.1) is 5.69 Å². The molecule has 0 spiro atoms. The van der Waals surface area contributed by atoms with Crippen molar-refractivity contribution in [3.8, 4) is 5.69 Å². The van der Waals surface area contributed by atoms with Crippen molar-refractivity contribution in [2.45, 2.75) is 13.1 Å². The topological polar surface area (TPSA) is 30.7 Å². The Bertz CT molecular complexity index is 548. The molecule has 2 aromatic heterocycles. The zero-order valence-electron chi connectivity index (χ0n) is 8.66. The number of aryl methyl sites for hydroxylation is 1. The summed E-state index contributed by atoms with van der Waals surface area (Å²) in [6.45, 7) is 1.72. The summed E-state index contributed by atoms with van der Waals surface area (Å²) in [6.07, 6.45) is -1.73. The van der Waals surface area contributed by atoms with E-state index in [4.69, 9.17) is 11.6 Å². The Balaban J connectivity index is 2.47. The summed E-state index contributed by atoms with van der Waals surface area (Å²) in [5, 5.41) is 3.66. The highest BCUT2D eigenvalue weighted by Crippen LogP contribution is 2.28. The van der Waals surface area contributed by atoms with Crippen molar-refractivity contribution in [2.24, 2.45) is 0 Å². The van der Waals surface area contributed by atoms with Crippen LogP contribution < -0.4 is 0 Å². The van der Waals surface area contributed by atoms with Gasteiger partial charge in [-0.05, 0) is 18.6 Å². The average Bonchev–Trinajstić information content (AvgIpc) is 2.70. The molecule has 3 nitrogen and oxygen atoms in total. The lowest BCUT2D eigenvalue weighted by Gasteiger charge is -2.06. The maximum atomic E-state index is 12.4. The van der Waals surface area contributed by atoms with Crippen molar-refractivity contribution in [3.63, 3.8) is 0 Å². The Labute approximate surface area is 99.8 Å². The quantitative estimate of drug-likeness (QED) is 0.738. The van der Waals surface area contributed by atoms with Crippen LogP contribution in [0.15, 0.2) is 24.5 Å². The molecule has 2 rings (SSSR count). The van der Waals surface area contributed by atoms with Crippen LogP contribution in [-0.2, 0) is 6.18 Å². The highest BCUT2D eigenvalue weighted by molar-refractivity contribution is 6.29. The molecule has 7 heteroatoms. The zero-order chi connectivity index (χ0) is 12.6. The van der Waals surface area contributed by atoms with Gasteiger partial charge in [-0.3, -0.25) is 0 Å². The van der Waals surface area contributed by atoms with Gasteiger partial charge in [-0.2, -0.15) is 18.3 Å². The molecule has 0 atom stereocenters. The second-order valence-electron chi connectivity index (χ2n) is 3.44. The predicted octanol–water partition coefficient (Wildman–Crippen LogP) is 3.25. The molecule has 17 heavy (non-hydrogen) atoms. The largest absolute Gasteiger partial charge is 0.435 e. The minimum absolute atomic E-state index is 0.203. The Morgan fingerprint density at radius 1 is 1.35 bits per heavy atom. The number of rotatable bonds is 1. The average molecular weight is 262 g/mol. The first-order valence-electron chi connectivity index (χ1n) is 4.63. The van der Waals surface area contributed by atoms with Gasteiger partial charge in [-0.25, -0.2) is 9.67 Å². The van der Waals surface area contributed by atoms with Crippen LogP contribution in [0.3, 0.4) is 0 Å². The lowest BCUT2D eigenvalue weighted by Crippen LogP contribution is -2.07. The molecule has 2 heterocycles. The van der Waals surface area contributed by atoms with E-state index in [1.165, 1.54) is 18.5 Å². The van der Waals surface area contributed by atoms with Gasteiger partial charge in [0.1, 0.15) is 5.15 Å². The minimum Gasteiger partial charge on any atom is -0.244 e. The van der Waals surface area contributed by atoms with Crippen LogP contribution in [0.25, 0.3) is 5.69 Å². The molecule has 2 aromatic rings. The van der Waals surface area contributed by atoms with E-state index in [2.05, 4.69) is 10.1 Å². The molecule has 0 aliphatic rings. The van der Waals surface area contributed by atoms with Crippen LogP contribution in [0.5, 0.6) is 0 Å². The molecule has 0 fully saturated rings. The summed E-state index contributed by atoms with van der Waals surface area (Å²) in [5.74, 6) is 0. The fourth-order valence-corrected chi connectivity index (χ4v) is 1.50. The predicted molar refractivity (Wildman–Crippen MR) is 56.1 cm³/mol. The Hall–Kier alpha value is -1.56. The van der Waals surface area contributed by atoms with Crippen LogP contribution in [0.1, 0.15) is 11.3 Å². The van der Waals surface area contributed by atoms with Gasteiger partial charge in [-0.1, -0.05) is 11.6 Å². The molecule has 0 N–H and O–H groups in total. The Morgan fingerprint density at radius 2 is 2.06 bits per heavy atom. The van der Waals surface area contributed by atoms with Crippen LogP contribution in [0, 0.1) is 6.92 Å². The zero-order valence-corrected chi connectivity index (χ0v) is 9.42. The SMILES string of the molecule is Cc1cnc(Cl)cc1-n1ccc(C(F)(F)F)n1. The molecule has 0 bridgehead atoms. The fraction of sp³-hybridized carbons (Fsp3) is 0.200. The molecule has 0 aliphatic carbocycles. The normalized spacial score (nSPS) is 11.8. The lowest BCUT2D eigenvalue weighted by molar-refractivity contribution is -0.141. The number of alkyl halides is 3. The third-order valence-corrected chi connectivity index (χ3v) is 2.37. The number of pyridine rings is 1. The first-order chi connectivity index (χ1) is 7.88. The minimum atomic E-state index is -4.45. The van der Waals surface area contributed by atoms with Crippen molar-refractivity contribution in [1.29, 1.82) is 0 Å². The first kappa shape index (κ1) is 11.9. The summed E-state index contributed by atoms with van der Waals surface area (Å²) < 4.78 is 38.3. The number of nitrogens with zero attached hydrogens (tertiary/aromatic N) is 3. The van der Waals surface area contributed by atoms with Gasteiger partial charge >= 0.3 is 6.18 Å². The van der Waals surface area contributed by atoms with E-state index in [9.17, 15) is 13.2 Å². The van der Waals surface area contributed by atoms with E-state index in [0.29, 0.717) is 11.3 Å². The molecule has 0 aliphatic heterocycles. The number of hydrogen-bond donors (Lipinski definition) is 0. The van der Waals surface area contributed by atoms with Gasteiger partial charge in [0, 0.05) is 18.5 Å². The number of halogens is 4. The molecule has 0 aromatic carbocycles. The molecule has 0 radical (unpaired) electrons. The molecular formula is C10H7ClF3N3. The van der Waals surface area contributed by atoms with Gasteiger partial charge in [0.25, 0.3) is 0 Å². The summed E-state index contributed by atoms with van der Waals surface area (Å²) in [6, 6.07) is 2.37. The molecule has 0 saturated carbocycles. The van der Waals surface area contributed by atoms with E-state index < -0.39 is 11.9 Å². The van der Waals surface area contributed by atoms with Crippen LogP contribution in [0.2, 0.25) is 5.15 Å². The number of hydrogen-bond acceptors (Lipinski definition) is 2. The molecule has 0 unspecified atom stereocenters. The highest BCUT2D eigenvalue weighted by atomic mass is 35.5. The van der Waals surface area contributed by atoms with Gasteiger partial charge in [0.15, 0.2) is 5.69 Å². The lowest BCUT2D eigenvalue weighted by atomic mass is 10.3. The Kier molecular flexibility index (Phi) is 2.82. The second-order valence-corrected chi connectivity index (χ2v) is 3.82. The van der Waals surface area contributed by atoms with Crippen molar-refractivity contribution >= 4 is 11.6 Å². The molecule has 0 amide bonds. The van der Waals surface area contributed by atoms with Gasteiger partial charge in [-0.15, -0.1) is 0 Å². The van der Waals surface area contributed by atoms with Crippen LogP contribution in [0.4, 0.5) is 13.2 Å². The molecule has 90 valence electrons. The summed E-state index contributed by atoms with van der Waals surface area (Å²) in [5.41, 5.74) is 0.219. The van der Waals surface area contributed by atoms with Crippen molar-refractivity contribution in [2.75, 3.05) is 0 Å². The third kappa shape index (κ3) is 2.41. The third-order valence-electron chi connectivity index (χ3n) is 2.17. The molecule has 0 saturated heterocycles. The highest BCUT2D eigenvalue weighted by Gasteiger charge is 2.33.